The van der Waals surface area contributed by atoms with Crippen LogP contribution in [0.25, 0.3) is 5.52 Å². The molecule has 4 rings (SSSR count). The van der Waals surface area contributed by atoms with Crippen LogP contribution in [0.5, 0.6) is 0 Å². The number of nitrogens with zero attached hydrogens (tertiary/aromatic N) is 3. The van der Waals surface area contributed by atoms with Gasteiger partial charge in [0.25, 0.3) is 5.91 Å². The van der Waals surface area contributed by atoms with Gasteiger partial charge >= 0.3 is 6.09 Å². The zero-order valence-corrected chi connectivity index (χ0v) is 22.7. The van der Waals surface area contributed by atoms with Crippen molar-refractivity contribution in [1.82, 2.24) is 24.9 Å². The molecule has 9 nitrogen and oxygen atoms in total. The van der Waals surface area contributed by atoms with Crippen molar-refractivity contribution in [3.8, 4) is 0 Å². The molecule has 0 saturated carbocycles. The van der Waals surface area contributed by atoms with Crippen LogP contribution in [0, 0.1) is 5.92 Å². The lowest BCUT2D eigenvalue weighted by molar-refractivity contribution is -0.125. The van der Waals surface area contributed by atoms with Gasteiger partial charge in [-0.05, 0) is 50.8 Å². The molecule has 0 bridgehead atoms. The maximum absolute atomic E-state index is 13.6. The highest BCUT2D eigenvalue weighted by molar-refractivity contribution is 6.00. The number of amides is 3. The van der Waals surface area contributed by atoms with Crippen LogP contribution < -0.4 is 10.6 Å². The quantitative estimate of drug-likeness (QED) is 0.512. The number of fused-ring (bicyclic) bond motifs is 1. The van der Waals surface area contributed by atoms with E-state index < -0.39 is 17.7 Å². The molecule has 1 aliphatic rings. The summed E-state index contributed by atoms with van der Waals surface area (Å²) >= 11 is 0. The van der Waals surface area contributed by atoms with Crippen LogP contribution in [0.15, 0.2) is 61.2 Å². The minimum atomic E-state index is -0.784. The summed E-state index contributed by atoms with van der Waals surface area (Å²) < 4.78 is 7.20. The largest absolute Gasteiger partial charge is 0.444 e. The average Bonchev–Trinajstić information content (AvgIpc) is 3.35. The maximum atomic E-state index is 13.6. The minimum Gasteiger partial charge on any atom is -0.444 e. The summed E-state index contributed by atoms with van der Waals surface area (Å²) in [5.41, 5.74) is 1.73. The molecular weight excluding hydrogens is 482 g/mol. The summed E-state index contributed by atoms with van der Waals surface area (Å²) in [6.07, 6.45) is 5.25. The van der Waals surface area contributed by atoms with Gasteiger partial charge in [0.05, 0.1) is 29.6 Å². The number of alkyl carbamates (subject to hydrolysis) is 1. The lowest BCUT2D eigenvalue weighted by Gasteiger charge is -2.40. The molecule has 3 atom stereocenters. The highest BCUT2D eigenvalue weighted by Crippen LogP contribution is 2.30. The van der Waals surface area contributed by atoms with Crippen LogP contribution in [-0.4, -0.2) is 63.0 Å². The normalized spacial score (nSPS) is 18.7. The topological polar surface area (TPSA) is 105 Å². The first kappa shape index (κ1) is 27.2. The summed E-state index contributed by atoms with van der Waals surface area (Å²) in [6, 6.07) is 12.5. The number of ether oxygens (including phenoxy) is 1. The van der Waals surface area contributed by atoms with E-state index in [4.69, 9.17) is 4.74 Å². The van der Waals surface area contributed by atoms with Crippen LogP contribution >= 0.6 is 0 Å². The average molecular weight is 520 g/mol. The van der Waals surface area contributed by atoms with Gasteiger partial charge in [0.1, 0.15) is 11.6 Å². The van der Waals surface area contributed by atoms with E-state index in [-0.39, 0.29) is 29.7 Å². The first-order valence-corrected chi connectivity index (χ1v) is 13.1. The van der Waals surface area contributed by atoms with Crippen LogP contribution in [0.3, 0.4) is 0 Å². The fourth-order valence-corrected chi connectivity index (χ4v) is 4.92. The van der Waals surface area contributed by atoms with Crippen molar-refractivity contribution >= 4 is 23.4 Å². The molecule has 2 aromatic heterocycles. The van der Waals surface area contributed by atoms with Gasteiger partial charge in [0.2, 0.25) is 5.91 Å². The summed E-state index contributed by atoms with van der Waals surface area (Å²) in [4.78, 5) is 45.5. The summed E-state index contributed by atoms with van der Waals surface area (Å²) in [6.45, 7) is 9.98. The molecule has 0 radical (unpaired) electrons. The number of benzene rings is 1. The molecule has 2 N–H and O–H groups in total. The number of likely N-dealkylation sites (tertiary alicyclic amines) is 1. The van der Waals surface area contributed by atoms with Crippen molar-refractivity contribution in [2.24, 2.45) is 5.92 Å². The van der Waals surface area contributed by atoms with Crippen molar-refractivity contribution in [2.45, 2.75) is 64.6 Å². The zero-order chi connectivity index (χ0) is 27.4. The standard InChI is InChI=1S/C29H37N5O4/c1-19(2)25(32-28(37)38-29(3,4)5)26(35)31-23-17-33(15-13-21(23)20-10-7-6-8-11-20)27(36)22-12-9-14-34-18-30-16-24(22)34/h6-12,14,16,18-19,21,23,25H,13,15,17H2,1-5H3,(H,31,35)(H,32,37)/t21-,23+,25-/m0/s1. The van der Waals surface area contributed by atoms with Gasteiger partial charge in [-0.2, -0.15) is 0 Å². The molecule has 0 spiro atoms. The summed E-state index contributed by atoms with van der Waals surface area (Å²) in [7, 11) is 0. The molecule has 38 heavy (non-hydrogen) atoms. The Morgan fingerprint density at radius 3 is 2.50 bits per heavy atom. The number of pyridine rings is 1. The van der Waals surface area contributed by atoms with Crippen molar-refractivity contribution in [3.05, 3.63) is 72.3 Å². The molecule has 1 aliphatic heterocycles. The van der Waals surface area contributed by atoms with E-state index in [0.29, 0.717) is 25.1 Å². The molecule has 9 heteroatoms. The predicted octanol–water partition coefficient (Wildman–Crippen LogP) is 4.00. The number of aromatic nitrogens is 2. The van der Waals surface area contributed by atoms with Crippen LogP contribution in [-0.2, 0) is 9.53 Å². The third-order valence-corrected chi connectivity index (χ3v) is 6.76. The second-order valence-electron chi connectivity index (χ2n) is 11.1. The van der Waals surface area contributed by atoms with E-state index in [1.165, 1.54) is 0 Å². The van der Waals surface area contributed by atoms with E-state index in [9.17, 15) is 14.4 Å². The maximum Gasteiger partial charge on any atom is 0.408 e. The lowest BCUT2D eigenvalue weighted by atomic mass is 9.84. The second kappa shape index (κ2) is 11.2. The molecule has 1 saturated heterocycles. The summed E-state index contributed by atoms with van der Waals surface area (Å²) in [5, 5.41) is 5.90. The first-order chi connectivity index (χ1) is 18.0. The van der Waals surface area contributed by atoms with E-state index in [1.54, 1.807) is 44.3 Å². The number of hydrogen-bond acceptors (Lipinski definition) is 5. The molecule has 202 valence electrons. The number of rotatable bonds is 6. The predicted molar refractivity (Wildman–Crippen MR) is 145 cm³/mol. The van der Waals surface area contributed by atoms with E-state index in [0.717, 1.165) is 11.1 Å². The van der Waals surface area contributed by atoms with Crippen molar-refractivity contribution in [1.29, 1.82) is 0 Å². The highest BCUT2D eigenvalue weighted by atomic mass is 16.6. The molecule has 3 heterocycles. The molecule has 0 aliphatic carbocycles. The lowest BCUT2D eigenvalue weighted by Crippen LogP contribution is -2.58. The van der Waals surface area contributed by atoms with E-state index >= 15 is 0 Å². The van der Waals surface area contributed by atoms with Gasteiger partial charge in [-0.25, -0.2) is 9.78 Å². The SMILES string of the molecule is CC(C)[C@H](NC(=O)OC(C)(C)C)C(=O)N[C@@H]1CN(C(=O)c2cccn3cncc23)CC[C@H]1c1ccccc1. The van der Waals surface area contributed by atoms with Crippen LogP contribution in [0.2, 0.25) is 0 Å². The van der Waals surface area contributed by atoms with E-state index in [1.807, 2.05) is 60.8 Å². The van der Waals surface area contributed by atoms with Crippen LogP contribution in [0.1, 0.15) is 62.9 Å². The van der Waals surface area contributed by atoms with Gasteiger partial charge in [-0.1, -0.05) is 44.2 Å². The first-order valence-electron chi connectivity index (χ1n) is 13.1. The number of piperidine rings is 1. The zero-order valence-electron chi connectivity index (χ0n) is 22.7. The Bertz CT molecular complexity index is 1280. The van der Waals surface area contributed by atoms with Gasteiger partial charge in [-0.15, -0.1) is 0 Å². The minimum absolute atomic E-state index is 0.0179. The van der Waals surface area contributed by atoms with Gasteiger partial charge in [0, 0.05) is 25.2 Å². The number of imidazole rings is 1. The number of nitrogens with one attached hydrogen (secondary N) is 2. The van der Waals surface area contributed by atoms with Crippen molar-refractivity contribution < 1.29 is 19.1 Å². The highest BCUT2D eigenvalue weighted by Gasteiger charge is 2.36. The van der Waals surface area contributed by atoms with Gasteiger partial charge in [0.15, 0.2) is 0 Å². The van der Waals surface area contributed by atoms with Crippen molar-refractivity contribution in [2.75, 3.05) is 13.1 Å². The molecule has 3 amide bonds. The molecule has 1 aromatic carbocycles. The molecule has 0 unspecified atom stereocenters. The number of carbonyl (C=O) groups excluding carboxylic acids is 3. The van der Waals surface area contributed by atoms with Crippen LogP contribution in [0.4, 0.5) is 4.79 Å². The smallest absolute Gasteiger partial charge is 0.408 e. The number of carbonyl (C=O) groups is 3. The Hall–Kier alpha value is -3.88. The fourth-order valence-electron chi connectivity index (χ4n) is 4.92. The van der Waals surface area contributed by atoms with Crippen molar-refractivity contribution in [3.63, 3.8) is 0 Å². The number of hydrogen-bond donors (Lipinski definition) is 2. The Morgan fingerprint density at radius 1 is 1.08 bits per heavy atom. The Morgan fingerprint density at radius 2 is 1.82 bits per heavy atom. The molecular formula is C29H37N5O4. The fraction of sp³-hybridized carbons (Fsp3) is 0.448. The third kappa shape index (κ3) is 6.33. The van der Waals surface area contributed by atoms with E-state index in [2.05, 4.69) is 15.6 Å². The Kier molecular flexibility index (Phi) is 8.04. The third-order valence-electron chi connectivity index (χ3n) is 6.76. The van der Waals surface area contributed by atoms with Gasteiger partial charge in [-0.3, -0.25) is 9.59 Å². The Balaban J connectivity index is 1.56. The summed E-state index contributed by atoms with van der Waals surface area (Å²) in [5.74, 6) is -0.555. The molecule has 3 aromatic rings. The Labute approximate surface area is 223 Å². The molecule has 1 fully saturated rings. The van der Waals surface area contributed by atoms with Gasteiger partial charge < -0.3 is 24.7 Å². The monoisotopic (exact) mass is 519 g/mol. The second-order valence-corrected chi connectivity index (χ2v) is 11.1.